The minimum atomic E-state index is 0.601. The van der Waals surface area contributed by atoms with Crippen molar-refractivity contribution in [1.29, 1.82) is 0 Å². The van der Waals surface area contributed by atoms with Gasteiger partial charge >= 0.3 is 0 Å². The van der Waals surface area contributed by atoms with E-state index >= 15 is 0 Å². The van der Waals surface area contributed by atoms with Gasteiger partial charge in [0.05, 0.1) is 6.61 Å². The van der Waals surface area contributed by atoms with Crippen LogP contribution in [0.25, 0.3) is 0 Å². The Bertz CT molecular complexity index is 548. The maximum absolute atomic E-state index is 5.86. The van der Waals surface area contributed by atoms with Crippen molar-refractivity contribution in [1.82, 2.24) is 9.97 Å². The molecule has 2 rings (SSSR count). The number of halogens is 1. The Morgan fingerprint density at radius 3 is 2.67 bits per heavy atom. The molecule has 0 amide bonds. The molecule has 0 saturated heterocycles. The molecule has 1 aromatic heterocycles. The summed E-state index contributed by atoms with van der Waals surface area (Å²) < 4.78 is 4.97. The van der Waals surface area contributed by atoms with Crippen LogP contribution >= 0.6 is 11.6 Å². The maximum atomic E-state index is 5.86. The zero-order valence-corrected chi connectivity index (χ0v) is 12.7. The molecule has 5 nitrogen and oxygen atoms in total. The molecule has 0 radical (unpaired) electrons. The van der Waals surface area contributed by atoms with Crippen LogP contribution in [0.2, 0.25) is 5.02 Å². The Morgan fingerprint density at radius 1 is 1.10 bits per heavy atom. The first-order valence-corrected chi connectivity index (χ1v) is 7.20. The third-order valence-corrected chi connectivity index (χ3v) is 3.13. The second kappa shape index (κ2) is 8.44. The number of nitrogens with one attached hydrogen (secondary N) is 2. The van der Waals surface area contributed by atoms with Crippen LogP contribution in [0.4, 0.5) is 11.8 Å². The van der Waals surface area contributed by atoms with Gasteiger partial charge in [-0.25, -0.2) is 4.98 Å². The fourth-order valence-electron chi connectivity index (χ4n) is 1.79. The van der Waals surface area contributed by atoms with Gasteiger partial charge in [0.15, 0.2) is 0 Å². The number of benzene rings is 1. The third-order valence-electron chi connectivity index (χ3n) is 2.88. The average molecular weight is 307 g/mol. The van der Waals surface area contributed by atoms with Crippen molar-refractivity contribution in [2.24, 2.45) is 0 Å². The average Bonchev–Trinajstić information content (AvgIpc) is 2.50. The second-order valence-corrected chi connectivity index (χ2v) is 4.92. The van der Waals surface area contributed by atoms with E-state index in [-0.39, 0.29) is 0 Å². The van der Waals surface area contributed by atoms with Crippen LogP contribution in [-0.4, -0.2) is 36.8 Å². The highest BCUT2D eigenvalue weighted by Gasteiger charge is 1.99. The highest BCUT2D eigenvalue weighted by atomic mass is 35.5. The number of ether oxygens (including phenoxy) is 1. The molecule has 0 aliphatic carbocycles. The molecule has 0 aliphatic heterocycles. The summed E-state index contributed by atoms with van der Waals surface area (Å²) in [5, 5.41) is 7.14. The van der Waals surface area contributed by atoms with E-state index in [1.165, 1.54) is 5.56 Å². The van der Waals surface area contributed by atoms with E-state index in [4.69, 9.17) is 16.3 Å². The fourth-order valence-corrected chi connectivity index (χ4v) is 1.92. The van der Waals surface area contributed by atoms with E-state index in [1.807, 2.05) is 30.3 Å². The number of aromatic nitrogens is 2. The Morgan fingerprint density at radius 2 is 1.90 bits per heavy atom. The minimum Gasteiger partial charge on any atom is -0.383 e. The van der Waals surface area contributed by atoms with E-state index in [1.54, 1.807) is 13.3 Å². The lowest BCUT2D eigenvalue weighted by Crippen LogP contribution is -2.12. The molecule has 0 bridgehead atoms. The zero-order valence-electron chi connectivity index (χ0n) is 12.0. The molecule has 112 valence electrons. The SMILES string of the molecule is COCCNc1nccc(NCCc2ccc(Cl)cc2)n1. The first-order chi connectivity index (χ1) is 10.3. The molecular formula is C15H19ClN4O. The molecule has 21 heavy (non-hydrogen) atoms. The van der Waals surface area contributed by atoms with Gasteiger partial charge in [0, 0.05) is 31.4 Å². The summed E-state index contributed by atoms with van der Waals surface area (Å²) in [7, 11) is 1.66. The minimum absolute atomic E-state index is 0.601. The largest absolute Gasteiger partial charge is 0.383 e. The van der Waals surface area contributed by atoms with Crippen molar-refractivity contribution in [2.45, 2.75) is 6.42 Å². The molecule has 2 N–H and O–H groups in total. The highest BCUT2D eigenvalue weighted by Crippen LogP contribution is 2.10. The molecule has 0 aliphatic rings. The topological polar surface area (TPSA) is 59.1 Å². The predicted octanol–water partition coefficient (Wildman–Crippen LogP) is 2.84. The number of hydrogen-bond donors (Lipinski definition) is 2. The monoisotopic (exact) mass is 306 g/mol. The van der Waals surface area contributed by atoms with Gasteiger partial charge in [-0.1, -0.05) is 23.7 Å². The van der Waals surface area contributed by atoms with E-state index in [9.17, 15) is 0 Å². The van der Waals surface area contributed by atoms with Gasteiger partial charge in [-0.3, -0.25) is 0 Å². The number of hydrogen-bond acceptors (Lipinski definition) is 5. The van der Waals surface area contributed by atoms with E-state index in [0.717, 1.165) is 23.8 Å². The lowest BCUT2D eigenvalue weighted by atomic mass is 10.1. The van der Waals surface area contributed by atoms with Crippen LogP contribution in [0.3, 0.4) is 0 Å². The van der Waals surface area contributed by atoms with Crippen LogP contribution in [0, 0.1) is 0 Å². The Balaban J connectivity index is 1.79. The Kier molecular flexibility index (Phi) is 6.24. The van der Waals surface area contributed by atoms with Gasteiger partial charge in [-0.05, 0) is 30.2 Å². The van der Waals surface area contributed by atoms with E-state index < -0.39 is 0 Å². The lowest BCUT2D eigenvalue weighted by molar-refractivity contribution is 0.210. The highest BCUT2D eigenvalue weighted by molar-refractivity contribution is 6.30. The Labute approximate surface area is 129 Å². The van der Waals surface area contributed by atoms with Crippen LogP contribution in [0.5, 0.6) is 0 Å². The number of rotatable bonds is 8. The fraction of sp³-hybridized carbons (Fsp3) is 0.333. The summed E-state index contributed by atoms with van der Waals surface area (Å²) >= 11 is 5.86. The summed E-state index contributed by atoms with van der Waals surface area (Å²) in [6.45, 7) is 2.11. The van der Waals surface area contributed by atoms with Crippen molar-refractivity contribution in [3.63, 3.8) is 0 Å². The maximum Gasteiger partial charge on any atom is 0.224 e. The van der Waals surface area contributed by atoms with Crippen molar-refractivity contribution in [3.05, 3.63) is 47.1 Å². The summed E-state index contributed by atoms with van der Waals surface area (Å²) in [5.41, 5.74) is 1.24. The molecule has 1 aromatic carbocycles. The van der Waals surface area contributed by atoms with Crippen molar-refractivity contribution in [3.8, 4) is 0 Å². The van der Waals surface area contributed by atoms with E-state index in [0.29, 0.717) is 19.1 Å². The van der Waals surface area contributed by atoms with Crippen molar-refractivity contribution >= 4 is 23.4 Å². The molecule has 0 fully saturated rings. The molecule has 0 saturated carbocycles. The van der Waals surface area contributed by atoms with Gasteiger partial charge in [0.1, 0.15) is 5.82 Å². The van der Waals surface area contributed by atoms with Crippen LogP contribution in [0.1, 0.15) is 5.56 Å². The number of anilines is 2. The van der Waals surface area contributed by atoms with Gasteiger partial charge in [-0.2, -0.15) is 4.98 Å². The zero-order chi connectivity index (χ0) is 14.9. The third kappa shape index (κ3) is 5.57. The number of nitrogens with zero attached hydrogens (tertiary/aromatic N) is 2. The van der Waals surface area contributed by atoms with Gasteiger partial charge in [0.25, 0.3) is 0 Å². The quantitative estimate of drug-likeness (QED) is 0.734. The second-order valence-electron chi connectivity index (χ2n) is 4.49. The standard InChI is InChI=1S/C15H19ClN4O/c1-21-11-10-19-15-18-9-7-14(20-15)17-8-6-12-2-4-13(16)5-3-12/h2-5,7,9H,6,8,10-11H2,1H3,(H2,17,18,19,20). The molecule has 2 aromatic rings. The Hall–Kier alpha value is -1.85. The van der Waals surface area contributed by atoms with Crippen molar-refractivity contribution in [2.75, 3.05) is 37.4 Å². The normalized spacial score (nSPS) is 10.4. The molecule has 0 unspecified atom stereocenters. The summed E-state index contributed by atoms with van der Waals surface area (Å²) in [6.07, 6.45) is 2.64. The first kappa shape index (κ1) is 15.5. The van der Waals surface area contributed by atoms with Gasteiger partial charge in [0.2, 0.25) is 5.95 Å². The van der Waals surface area contributed by atoms with Crippen molar-refractivity contribution < 1.29 is 4.74 Å². The number of methoxy groups -OCH3 is 1. The lowest BCUT2D eigenvalue weighted by Gasteiger charge is -2.08. The summed E-state index contributed by atoms with van der Waals surface area (Å²) in [6, 6.07) is 9.71. The summed E-state index contributed by atoms with van der Waals surface area (Å²) in [4.78, 5) is 8.53. The van der Waals surface area contributed by atoms with Crippen LogP contribution in [0.15, 0.2) is 36.5 Å². The molecule has 0 atom stereocenters. The smallest absolute Gasteiger partial charge is 0.224 e. The summed E-state index contributed by atoms with van der Waals surface area (Å²) in [5.74, 6) is 1.41. The van der Waals surface area contributed by atoms with Gasteiger partial charge < -0.3 is 15.4 Å². The van der Waals surface area contributed by atoms with E-state index in [2.05, 4.69) is 20.6 Å². The molecule has 6 heteroatoms. The molecule has 1 heterocycles. The van der Waals surface area contributed by atoms with Crippen LogP contribution < -0.4 is 10.6 Å². The first-order valence-electron chi connectivity index (χ1n) is 6.82. The molecule has 0 spiro atoms. The predicted molar refractivity (Wildman–Crippen MR) is 86.0 cm³/mol. The molecular weight excluding hydrogens is 288 g/mol. The van der Waals surface area contributed by atoms with Gasteiger partial charge in [-0.15, -0.1) is 0 Å². The van der Waals surface area contributed by atoms with Crippen LogP contribution in [-0.2, 0) is 11.2 Å².